The van der Waals surface area contributed by atoms with Crippen LogP contribution in [0.1, 0.15) is 11.5 Å². The van der Waals surface area contributed by atoms with Gasteiger partial charge in [-0.15, -0.1) is 0 Å². The molecular weight excluding hydrogens is 208 g/mol. The average molecular weight is 224 g/mol. The lowest BCUT2D eigenvalue weighted by Crippen LogP contribution is -2.42. The van der Waals surface area contributed by atoms with Crippen LogP contribution in [-0.2, 0) is 17.8 Å². The molecule has 1 aromatic heterocycles. The summed E-state index contributed by atoms with van der Waals surface area (Å²) in [5, 5.41) is 11.9. The van der Waals surface area contributed by atoms with Gasteiger partial charge in [-0.3, -0.25) is 9.69 Å². The number of piperazine rings is 1. The van der Waals surface area contributed by atoms with Gasteiger partial charge in [0, 0.05) is 26.2 Å². The normalized spacial score (nSPS) is 17.5. The largest absolute Gasteiger partial charge is 0.481 e. The van der Waals surface area contributed by atoms with Crippen LogP contribution in [-0.4, -0.2) is 42.2 Å². The molecule has 0 aliphatic carbocycles. The molecule has 0 unspecified atom stereocenters. The third kappa shape index (κ3) is 3.08. The second-order valence-electron chi connectivity index (χ2n) is 3.96. The van der Waals surface area contributed by atoms with E-state index >= 15 is 0 Å². The zero-order valence-corrected chi connectivity index (χ0v) is 9.11. The Morgan fingerprint density at radius 2 is 2.06 bits per heavy atom. The summed E-state index contributed by atoms with van der Waals surface area (Å²) in [4.78, 5) is 12.8. The van der Waals surface area contributed by atoms with Gasteiger partial charge < -0.3 is 14.8 Å². The van der Waals surface area contributed by atoms with Crippen molar-refractivity contribution in [3.8, 4) is 0 Å². The lowest BCUT2D eigenvalue weighted by atomic mass is 10.3. The van der Waals surface area contributed by atoms with E-state index in [1.807, 2.05) is 6.07 Å². The summed E-state index contributed by atoms with van der Waals surface area (Å²) in [6, 6.07) is 3.60. The smallest absolute Gasteiger partial charge is 0.311 e. The minimum atomic E-state index is -0.858. The molecular formula is C11H16N2O3. The molecule has 2 rings (SSSR count). The fourth-order valence-electron chi connectivity index (χ4n) is 1.84. The van der Waals surface area contributed by atoms with Crippen molar-refractivity contribution in [2.75, 3.05) is 26.2 Å². The third-order valence-corrected chi connectivity index (χ3v) is 2.63. The summed E-state index contributed by atoms with van der Waals surface area (Å²) < 4.78 is 5.45. The van der Waals surface area contributed by atoms with E-state index in [0.29, 0.717) is 5.76 Å². The first-order valence-electron chi connectivity index (χ1n) is 5.46. The van der Waals surface area contributed by atoms with Gasteiger partial charge in [-0.1, -0.05) is 0 Å². The van der Waals surface area contributed by atoms with Crippen LogP contribution in [0.2, 0.25) is 0 Å². The summed E-state index contributed by atoms with van der Waals surface area (Å²) in [6.45, 7) is 4.79. The summed E-state index contributed by atoms with van der Waals surface area (Å²) in [7, 11) is 0. The molecule has 0 bridgehead atoms. The Bertz CT molecular complexity index is 356. The molecule has 0 spiro atoms. The van der Waals surface area contributed by atoms with Gasteiger partial charge in [-0.2, -0.15) is 0 Å². The highest BCUT2D eigenvalue weighted by molar-refractivity contribution is 5.69. The van der Waals surface area contributed by atoms with E-state index < -0.39 is 5.97 Å². The van der Waals surface area contributed by atoms with Crippen LogP contribution in [0, 0.1) is 0 Å². The first-order valence-corrected chi connectivity index (χ1v) is 5.46. The highest BCUT2D eigenvalue weighted by Crippen LogP contribution is 2.11. The van der Waals surface area contributed by atoms with Crippen LogP contribution in [0.4, 0.5) is 0 Å². The van der Waals surface area contributed by atoms with Gasteiger partial charge in [0.1, 0.15) is 17.9 Å². The number of aliphatic carboxylic acids is 1. The van der Waals surface area contributed by atoms with Crippen molar-refractivity contribution in [3.05, 3.63) is 23.7 Å². The van der Waals surface area contributed by atoms with E-state index in [-0.39, 0.29) is 6.42 Å². The Kier molecular flexibility index (Phi) is 3.58. The fourth-order valence-corrected chi connectivity index (χ4v) is 1.84. The molecule has 2 heterocycles. The van der Waals surface area contributed by atoms with Crippen molar-refractivity contribution >= 4 is 5.97 Å². The summed E-state index contributed by atoms with van der Waals surface area (Å²) in [5.41, 5.74) is 0. The van der Waals surface area contributed by atoms with Crippen LogP contribution in [0.5, 0.6) is 0 Å². The Hall–Kier alpha value is -1.33. The second kappa shape index (κ2) is 5.14. The van der Waals surface area contributed by atoms with Gasteiger partial charge in [0.2, 0.25) is 0 Å². The molecule has 1 aliphatic rings. The van der Waals surface area contributed by atoms with Gasteiger partial charge in [0.25, 0.3) is 0 Å². The summed E-state index contributed by atoms with van der Waals surface area (Å²) in [5.74, 6) is 0.513. The quantitative estimate of drug-likeness (QED) is 0.770. The van der Waals surface area contributed by atoms with Crippen molar-refractivity contribution in [2.24, 2.45) is 0 Å². The van der Waals surface area contributed by atoms with Crippen molar-refractivity contribution in [1.82, 2.24) is 10.2 Å². The van der Waals surface area contributed by atoms with E-state index in [9.17, 15) is 4.79 Å². The standard InChI is InChI=1S/C11H16N2O3/c14-11(15)7-9-1-2-10(16-9)8-13-5-3-12-4-6-13/h1-2,12H,3-8H2,(H,14,15). The Labute approximate surface area is 94.0 Å². The highest BCUT2D eigenvalue weighted by atomic mass is 16.4. The first-order chi connectivity index (χ1) is 7.74. The van der Waals surface area contributed by atoms with Gasteiger partial charge >= 0.3 is 5.97 Å². The third-order valence-electron chi connectivity index (χ3n) is 2.63. The van der Waals surface area contributed by atoms with E-state index in [4.69, 9.17) is 9.52 Å². The molecule has 1 saturated heterocycles. The fraction of sp³-hybridized carbons (Fsp3) is 0.545. The molecule has 1 fully saturated rings. The van der Waals surface area contributed by atoms with Crippen molar-refractivity contribution in [2.45, 2.75) is 13.0 Å². The second-order valence-corrected chi connectivity index (χ2v) is 3.96. The zero-order chi connectivity index (χ0) is 11.4. The lowest BCUT2D eigenvalue weighted by molar-refractivity contribution is -0.136. The minimum Gasteiger partial charge on any atom is -0.481 e. The van der Waals surface area contributed by atoms with Gasteiger partial charge in [-0.05, 0) is 12.1 Å². The predicted octanol–water partition coefficient (Wildman–Crippen LogP) is 0.312. The Balaban J connectivity index is 1.88. The lowest BCUT2D eigenvalue weighted by Gasteiger charge is -2.26. The number of hydrogen-bond donors (Lipinski definition) is 2. The molecule has 5 nitrogen and oxygen atoms in total. The van der Waals surface area contributed by atoms with Crippen LogP contribution < -0.4 is 5.32 Å². The maximum atomic E-state index is 10.5. The first kappa shape index (κ1) is 11.2. The number of carboxylic acids is 1. The van der Waals surface area contributed by atoms with Crippen LogP contribution in [0.15, 0.2) is 16.5 Å². The number of hydrogen-bond acceptors (Lipinski definition) is 4. The molecule has 0 atom stereocenters. The van der Waals surface area contributed by atoms with Crippen molar-refractivity contribution in [3.63, 3.8) is 0 Å². The van der Waals surface area contributed by atoms with E-state index in [1.165, 1.54) is 0 Å². The van der Waals surface area contributed by atoms with Gasteiger partial charge in [0.05, 0.1) is 6.54 Å². The molecule has 0 aromatic carbocycles. The van der Waals surface area contributed by atoms with E-state index in [2.05, 4.69) is 10.2 Å². The van der Waals surface area contributed by atoms with Crippen molar-refractivity contribution in [1.29, 1.82) is 0 Å². The molecule has 88 valence electrons. The number of furan rings is 1. The molecule has 0 amide bonds. The van der Waals surface area contributed by atoms with E-state index in [1.54, 1.807) is 6.07 Å². The van der Waals surface area contributed by atoms with Crippen LogP contribution >= 0.6 is 0 Å². The maximum Gasteiger partial charge on any atom is 0.311 e. The van der Waals surface area contributed by atoms with Crippen LogP contribution in [0.25, 0.3) is 0 Å². The maximum absolute atomic E-state index is 10.5. The monoisotopic (exact) mass is 224 g/mol. The van der Waals surface area contributed by atoms with Crippen molar-refractivity contribution < 1.29 is 14.3 Å². The SMILES string of the molecule is O=C(O)Cc1ccc(CN2CCNCC2)o1. The predicted molar refractivity (Wildman–Crippen MR) is 58.2 cm³/mol. The summed E-state index contributed by atoms with van der Waals surface area (Å²) in [6.07, 6.45) is -0.0401. The van der Waals surface area contributed by atoms with Gasteiger partial charge in [0.15, 0.2) is 0 Å². The highest BCUT2D eigenvalue weighted by Gasteiger charge is 2.12. The molecule has 1 aliphatic heterocycles. The number of nitrogens with zero attached hydrogens (tertiary/aromatic N) is 1. The topological polar surface area (TPSA) is 65.7 Å². The number of carbonyl (C=O) groups is 1. The van der Waals surface area contributed by atoms with Gasteiger partial charge in [-0.25, -0.2) is 0 Å². The average Bonchev–Trinajstić information content (AvgIpc) is 2.66. The molecule has 2 N–H and O–H groups in total. The zero-order valence-electron chi connectivity index (χ0n) is 9.11. The van der Waals surface area contributed by atoms with E-state index in [0.717, 1.165) is 38.5 Å². The molecule has 0 radical (unpaired) electrons. The minimum absolute atomic E-state index is 0.0401. The Morgan fingerprint density at radius 3 is 2.75 bits per heavy atom. The number of rotatable bonds is 4. The number of nitrogens with one attached hydrogen (secondary N) is 1. The number of carboxylic acid groups (broad SMARTS) is 1. The van der Waals surface area contributed by atoms with Crippen LogP contribution in [0.3, 0.4) is 0 Å². The molecule has 16 heavy (non-hydrogen) atoms. The molecule has 0 saturated carbocycles. The Morgan fingerprint density at radius 1 is 1.38 bits per heavy atom. The molecule has 5 heteroatoms. The summed E-state index contributed by atoms with van der Waals surface area (Å²) >= 11 is 0. The molecule has 1 aromatic rings.